The standard InChI is InChI=1S/C16H18FN5O2/c1-12(10-22-8-2-7-19-22)18-9-16-20-15(21-24-16)11-23-14-5-3-13(17)4-6-14/h2-8,12,18H,9-11H2,1H3/t12-/m0/s1. The predicted molar refractivity (Wildman–Crippen MR) is 83.6 cm³/mol. The van der Waals surface area contributed by atoms with Crippen LogP contribution in [0.4, 0.5) is 4.39 Å². The molecule has 1 atom stereocenters. The first-order valence-corrected chi connectivity index (χ1v) is 7.59. The van der Waals surface area contributed by atoms with Crippen molar-refractivity contribution in [3.63, 3.8) is 0 Å². The zero-order valence-corrected chi connectivity index (χ0v) is 13.2. The summed E-state index contributed by atoms with van der Waals surface area (Å²) in [6, 6.07) is 7.86. The lowest BCUT2D eigenvalue weighted by Crippen LogP contribution is -2.30. The molecule has 1 N–H and O–H groups in total. The Labute approximate surface area is 138 Å². The highest BCUT2D eigenvalue weighted by molar-refractivity contribution is 5.22. The van der Waals surface area contributed by atoms with Crippen molar-refractivity contribution in [1.82, 2.24) is 25.2 Å². The molecule has 0 saturated heterocycles. The fourth-order valence-corrected chi connectivity index (χ4v) is 2.11. The van der Waals surface area contributed by atoms with Crippen LogP contribution in [0.5, 0.6) is 5.75 Å². The van der Waals surface area contributed by atoms with Crippen molar-refractivity contribution < 1.29 is 13.7 Å². The summed E-state index contributed by atoms with van der Waals surface area (Å²) in [4.78, 5) is 4.25. The molecule has 1 aromatic carbocycles. The van der Waals surface area contributed by atoms with Gasteiger partial charge in [-0.05, 0) is 37.3 Å². The first-order valence-electron chi connectivity index (χ1n) is 7.59. The normalized spacial score (nSPS) is 12.2. The zero-order valence-electron chi connectivity index (χ0n) is 13.2. The Morgan fingerprint density at radius 2 is 2.17 bits per heavy atom. The number of rotatable bonds is 8. The maximum absolute atomic E-state index is 12.8. The minimum atomic E-state index is -0.306. The molecular formula is C16H18FN5O2. The third-order valence-electron chi connectivity index (χ3n) is 3.31. The number of hydrogen-bond acceptors (Lipinski definition) is 6. The van der Waals surface area contributed by atoms with Gasteiger partial charge in [0.25, 0.3) is 0 Å². The summed E-state index contributed by atoms with van der Waals surface area (Å²) < 4.78 is 25.3. The zero-order chi connectivity index (χ0) is 16.8. The molecule has 8 heteroatoms. The molecule has 2 aromatic heterocycles. The Morgan fingerprint density at radius 3 is 2.92 bits per heavy atom. The molecular weight excluding hydrogens is 313 g/mol. The molecule has 3 aromatic rings. The first kappa shape index (κ1) is 16.1. The van der Waals surface area contributed by atoms with E-state index in [1.807, 2.05) is 16.9 Å². The van der Waals surface area contributed by atoms with Crippen molar-refractivity contribution in [2.24, 2.45) is 0 Å². The molecule has 0 bridgehead atoms. The second-order valence-electron chi connectivity index (χ2n) is 5.36. The van der Waals surface area contributed by atoms with Crippen molar-refractivity contribution in [2.45, 2.75) is 32.7 Å². The van der Waals surface area contributed by atoms with Crippen LogP contribution in [0.25, 0.3) is 0 Å². The number of hydrogen-bond donors (Lipinski definition) is 1. The fourth-order valence-electron chi connectivity index (χ4n) is 2.11. The van der Waals surface area contributed by atoms with Gasteiger partial charge in [0.05, 0.1) is 13.1 Å². The third kappa shape index (κ3) is 4.63. The van der Waals surface area contributed by atoms with Gasteiger partial charge in [0.2, 0.25) is 11.7 Å². The van der Waals surface area contributed by atoms with Crippen LogP contribution in [0.15, 0.2) is 47.2 Å². The highest BCUT2D eigenvalue weighted by Crippen LogP contribution is 2.12. The molecule has 0 unspecified atom stereocenters. The van der Waals surface area contributed by atoms with Crippen molar-refractivity contribution >= 4 is 0 Å². The Bertz CT molecular complexity index is 742. The van der Waals surface area contributed by atoms with Gasteiger partial charge >= 0.3 is 0 Å². The molecule has 7 nitrogen and oxygen atoms in total. The molecule has 0 aliphatic heterocycles. The molecule has 0 fully saturated rings. The van der Waals surface area contributed by atoms with Crippen molar-refractivity contribution in [2.75, 3.05) is 0 Å². The van der Waals surface area contributed by atoms with Crippen LogP contribution >= 0.6 is 0 Å². The smallest absolute Gasteiger partial charge is 0.240 e. The number of halogens is 1. The highest BCUT2D eigenvalue weighted by Gasteiger charge is 2.09. The van der Waals surface area contributed by atoms with Gasteiger partial charge in [-0.25, -0.2) is 4.39 Å². The van der Waals surface area contributed by atoms with Crippen LogP contribution < -0.4 is 10.1 Å². The maximum atomic E-state index is 12.8. The van der Waals surface area contributed by atoms with Gasteiger partial charge in [-0.3, -0.25) is 4.68 Å². The fraction of sp³-hybridized carbons (Fsp3) is 0.312. The molecule has 2 heterocycles. The van der Waals surface area contributed by atoms with Crippen LogP contribution in [0.1, 0.15) is 18.6 Å². The summed E-state index contributed by atoms with van der Waals surface area (Å²) >= 11 is 0. The summed E-state index contributed by atoms with van der Waals surface area (Å²) in [6.45, 7) is 3.43. The Kier molecular flexibility index (Phi) is 5.17. The highest BCUT2D eigenvalue weighted by atomic mass is 19.1. The first-order chi connectivity index (χ1) is 11.7. The summed E-state index contributed by atoms with van der Waals surface area (Å²) in [5.41, 5.74) is 0. The molecule has 0 saturated carbocycles. The predicted octanol–water partition coefficient (Wildman–Crippen LogP) is 2.16. The van der Waals surface area contributed by atoms with Crippen molar-refractivity contribution in [1.29, 1.82) is 0 Å². The largest absolute Gasteiger partial charge is 0.485 e. The Hall–Kier alpha value is -2.74. The monoisotopic (exact) mass is 331 g/mol. The van der Waals surface area contributed by atoms with E-state index in [4.69, 9.17) is 9.26 Å². The molecule has 0 aliphatic rings. The topological polar surface area (TPSA) is 78.0 Å². The summed E-state index contributed by atoms with van der Waals surface area (Å²) in [5, 5.41) is 11.3. The lowest BCUT2D eigenvalue weighted by atomic mass is 10.3. The van der Waals surface area contributed by atoms with Gasteiger partial charge in [-0.1, -0.05) is 5.16 Å². The molecule has 0 spiro atoms. The number of nitrogens with one attached hydrogen (secondary N) is 1. The van der Waals surface area contributed by atoms with Crippen LogP contribution in [0.2, 0.25) is 0 Å². The van der Waals surface area contributed by atoms with Gasteiger partial charge in [0.15, 0.2) is 6.61 Å². The van der Waals surface area contributed by atoms with Crippen LogP contribution in [0.3, 0.4) is 0 Å². The maximum Gasteiger partial charge on any atom is 0.240 e. The summed E-state index contributed by atoms with van der Waals surface area (Å²) in [7, 11) is 0. The van der Waals surface area contributed by atoms with E-state index in [9.17, 15) is 4.39 Å². The van der Waals surface area contributed by atoms with E-state index >= 15 is 0 Å². The van der Waals surface area contributed by atoms with Crippen LogP contribution in [0, 0.1) is 5.82 Å². The van der Waals surface area contributed by atoms with E-state index in [1.54, 1.807) is 18.3 Å². The van der Waals surface area contributed by atoms with Crippen molar-refractivity contribution in [3.8, 4) is 5.75 Å². The van der Waals surface area contributed by atoms with Gasteiger partial charge in [0.1, 0.15) is 11.6 Å². The van der Waals surface area contributed by atoms with E-state index in [2.05, 4.69) is 27.5 Å². The van der Waals surface area contributed by atoms with Gasteiger partial charge in [-0.2, -0.15) is 10.1 Å². The summed E-state index contributed by atoms with van der Waals surface area (Å²) in [5.74, 6) is 1.17. The molecule has 0 radical (unpaired) electrons. The van der Waals surface area contributed by atoms with Crippen molar-refractivity contribution in [3.05, 3.63) is 60.3 Å². The Morgan fingerprint density at radius 1 is 1.33 bits per heavy atom. The third-order valence-corrected chi connectivity index (χ3v) is 3.31. The van der Waals surface area contributed by atoms with E-state index < -0.39 is 0 Å². The quantitative estimate of drug-likeness (QED) is 0.681. The second-order valence-corrected chi connectivity index (χ2v) is 5.36. The lowest BCUT2D eigenvalue weighted by molar-refractivity contribution is 0.283. The van der Waals surface area contributed by atoms with E-state index in [1.165, 1.54) is 12.1 Å². The number of benzene rings is 1. The molecule has 24 heavy (non-hydrogen) atoms. The van der Waals surface area contributed by atoms with Gasteiger partial charge in [0, 0.05) is 18.4 Å². The number of nitrogens with zero attached hydrogens (tertiary/aromatic N) is 4. The molecule has 126 valence electrons. The molecule has 0 amide bonds. The average Bonchev–Trinajstić information content (AvgIpc) is 3.24. The average molecular weight is 331 g/mol. The summed E-state index contributed by atoms with van der Waals surface area (Å²) in [6.07, 6.45) is 3.66. The molecule has 3 rings (SSSR count). The Balaban J connectivity index is 1.44. The van der Waals surface area contributed by atoms with E-state index in [0.717, 1.165) is 6.54 Å². The number of ether oxygens (including phenoxy) is 1. The van der Waals surface area contributed by atoms with Gasteiger partial charge < -0.3 is 14.6 Å². The van der Waals surface area contributed by atoms with Crippen LogP contribution in [-0.2, 0) is 19.7 Å². The van der Waals surface area contributed by atoms with E-state index in [0.29, 0.717) is 24.0 Å². The second kappa shape index (κ2) is 7.69. The molecule has 0 aliphatic carbocycles. The number of aromatic nitrogens is 4. The lowest BCUT2D eigenvalue weighted by Gasteiger charge is -2.11. The van der Waals surface area contributed by atoms with E-state index in [-0.39, 0.29) is 18.5 Å². The van der Waals surface area contributed by atoms with Crippen LogP contribution in [-0.4, -0.2) is 26.0 Å². The SMILES string of the molecule is C[C@@H](Cn1cccn1)NCc1nc(COc2ccc(F)cc2)no1. The van der Waals surface area contributed by atoms with Gasteiger partial charge in [-0.15, -0.1) is 0 Å². The minimum Gasteiger partial charge on any atom is -0.485 e. The minimum absolute atomic E-state index is 0.165.